The van der Waals surface area contributed by atoms with Gasteiger partial charge in [-0.3, -0.25) is 0 Å². The molecule has 17 heavy (non-hydrogen) atoms. The summed E-state index contributed by atoms with van der Waals surface area (Å²) in [4.78, 5) is 0. The Kier molecular flexibility index (Phi) is 4.96. The standard InChI is InChI=1S/C10H11BrFIO3S/c1-2-17(15,16)10(11,13)9(14)7-4-3-5-8(12)6-7/h3-6,9,14H,2H2,1H3/t9-,10-/m1/s1. The van der Waals surface area contributed by atoms with Crippen LogP contribution in [0.15, 0.2) is 24.3 Å². The van der Waals surface area contributed by atoms with E-state index in [1.807, 2.05) is 0 Å². The Morgan fingerprint density at radius 1 is 1.59 bits per heavy atom. The fourth-order valence-corrected chi connectivity index (χ4v) is 4.34. The van der Waals surface area contributed by atoms with Gasteiger partial charge in [0.25, 0.3) is 0 Å². The lowest BCUT2D eigenvalue weighted by Gasteiger charge is -2.26. The molecule has 1 aromatic carbocycles. The second-order valence-electron chi connectivity index (χ2n) is 3.42. The van der Waals surface area contributed by atoms with Crippen LogP contribution in [0.4, 0.5) is 4.39 Å². The Hall–Kier alpha value is 0.270. The van der Waals surface area contributed by atoms with Crippen LogP contribution >= 0.6 is 38.5 Å². The van der Waals surface area contributed by atoms with Crippen molar-refractivity contribution in [3.8, 4) is 0 Å². The molecular formula is C10H11BrFIO3S. The first-order valence-electron chi connectivity index (χ1n) is 4.76. The van der Waals surface area contributed by atoms with Gasteiger partial charge < -0.3 is 5.11 Å². The second-order valence-corrected chi connectivity index (χ2v) is 11.6. The number of benzene rings is 1. The zero-order valence-electron chi connectivity index (χ0n) is 8.90. The van der Waals surface area contributed by atoms with Crippen LogP contribution in [-0.4, -0.2) is 20.9 Å². The highest BCUT2D eigenvalue weighted by molar-refractivity contribution is 14.1. The largest absolute Gasteiger partial charge is 0.385 e. The fraction of sp³-hybridized carbons (Fsp3) is 0.400. The Bertz CT molecular complexity index is 504. The van der Waals surface area contributed by atoms with Crippen LogP contribution in [0.1, 0.15) is 18.6 Å². The molecular weight excluding hydrogens is 426 g/mol. The third-order valence-corrected chi connectivity index (χ3v) is 8.61. The minimum atomic E-state index is -3.53. The minimum Gasteiger partial charge on any atom is -0.385 e. The van der Waals surface area contributed by atoms with Gasteiger partial charge in [-0.1, -0.05) is 35.0 Å². The summed E-state index contributed by atoms with van der Waals surface area (Å²) in [7, 11) is -3.53. The van der Waals surface area contributed by atoms with E-state index in [4.69, 9.17) is 0 Å². The molecule has 0 aliphatic heterocycles. The van der Waals surface area contributed by atoms with E-state index in [1.165, 1.54) is 25.1 Å². The molecule has 1 N–H and O–H groups in total. The molecule has 0 aliphatic rings. The number of aliphatic hydroxyl groups excluding tert-OH is 1. The van der Waals surface area contributed by atoms with Gasteiger partial charge in [0.1, 0.15) is 11.9 Å². The summed E-state index contributed by atoms with van der Waals surface area (Å²) >= 11 is 4.63. The van der Waals surface area contributed by atoms with E-state index in [0.717, 1.165) is 6.07 Å². The van der Waals surface area contributed by atoms with Crippen LogP contribution in [-0.2, 0) is 9.84 Å². The van der Waals surface area contributed by atoms with Gasteiger partial charge in [0.2, 0.25) is 1.66 Å². The van der Waals surface area contributed by atoms with Gasteiger partial charge in [0.05, 0.1) is 0 Å². The van der Waals surface area contributed by atoms with Gasteiger partial charge in [-0.2, -0.15) is 0 Å². The number of alkyl halides is 2. The van der Waals surface area contributed by atoms with Crippen molar-refractivity contribution >= 4 is 48.4 Å². The van der Waals surface area contributed by atoms with Gasteiger partial charge in [-0.15, -0.1) is 0 Å². The molecule has 0 aromatic heterocycles. The van der Waals surface area contributed by atoms with E-state index >= 15 is 0 Å². The first-order valence-corrected chi connectivity index (χ1v) is 8.28. The molecule has 0 saturated heterocycles. The molecule has 0 saturated carbocycles. The van der Waals surface area contributed by atoms with E-state index in [9.17, 15) is 17.9 Å². The zero-order valence-corrected chi connectivity index (χ0v) is 13.5. The summed E-state index contributed by atoms with van der Waals surface area (Å²) in [5.41, 5.74) is 0.216. The Morgan fingerprint density at radius 2 is 2.18 bits per heavy atom. The van der Waals surface area contributed by atoms with E-state index < -0.39 is 23.4 Å². The van der Waals surface area contributed by atoms with Crippen molar-refractivity contribution in [3.63, 3.8) is 0 Å². The van der Waals surface area contributed by atoms with Crippen molar-refractivity contribution in [2.45, 2.75) is 14.7 Å². The van der Waals surface area contributed by atoms with Gasteiger partial charge in [0, 0.05) is 5.75 Å². The average molecular weight is 437 g/mol. The molecule has 1 rings (SSSR count). The van der Waals surface area contributed by atoms with Gasteiger partial charge >= 0.3 is 0 Å². The average Bonchev–Trinajstić information content (AvgIpc) is 2.27. The topological polar surface area (TPSA) is 54.4 Å². The number of rotatable bonds is 4. The van der Waals surface area contributed by atoms with Crippen LogP contribution in [0.2, 0.25) is 0 Å². The second kappa shape index (κ2) is 5.50. The number of hydrogen-bond donors (Lipinski definition) is 1. The number of sulfone groups is 1. The van der Waals surface area contributed by atoms with Crippen LogP contribution < -0.4 is 0 Å². The number of halogens is 3. The number of aliphatic hydroxyl groups is 1. The molecule has 1 aromatic rings. The Morgan fingerprint density at radius 3 is 2.65 bits per heavy atom. The van der Waals surface area contributed by atoms with E-state index in [1.54, 1.807) is 22.6 Å². The molecule has 0 bridgehead atoms. The van der Waals surface area contributed by atoms with Crippen molar-refractivity contribution in [2.75, 3.05) is 5.75 Å². The predicted octanol–water partition coefficient (Wildman–Crippen LogP) is 2.78. The quantitative estimate of drug-likeness (QED) is 0.583. The molecule has 0 fully saturated rings. The Balaban J connectivity index is 3.17. The van der Waals surface area contributed by atoms with Gasteiger partial charge in [-0.25, -0.2) is 12.8 Å². The first-order chi connectivity index (χ1) is 7.72. The fourth-order valence-electron chi connectivity index (χ4n) is 1.23. The van der Waals surface area contributed by atoms with Crippen molar-refractivity contribution in [3.05, 3.63) is 35.6 Å². The molecule has 2 atom stereocenters. The summed E-state index contributed by atoms with van der Waals surface area (Å²) in [6.07, 6.45) is -1.34. The highest BCUT2D eigenvalue weighted by Crippen LogP contribution is 2.45. The maximum absolute atomic E-state index is 13.0. The minimum absolute atomic E-state index is 0.117. The molecule has 0 unspecified atom stereocenters. The molecule has 96 valence electrons. The van der Waals surface area contributed by atoms with Crippen LogP contribution in [0.25, 0.3) is 0 Å². The van der Waals surface area contributed by atoms with Gasteiger partial charge in [0.15, 0.2) is 9.84 Å². The lowest BCUT2D eigenvalue weighted by molar-refractivity contribution is 0.190. The van der Waals surface area contributed by atoms with Crippen molar-refractivity contribution in [2.24, 2.45) is 0 Å². The predicted molar refractivity (Wildman–Crippen MR) is 76.5 cm³/mol. The monoisotopic (exact) mass is 436 g/mol. The first kappa shape index (κ1) is 15.3. The molecule has 0 spiro atoms. The molecule has 7 heteroatoms. The lowest BCUT2D eigenvalue weighted by Crippen LogP contribution is -2.33. The molecule has 0 aliphatic carbocycles. The molecule has 3 nitrogen and oxygen atoms in total. The SMILES string of the molecule is CCS(=O)(=O)[C@](Br)(I)[C@H](O)c1cccc(F)c1. The number of hydrogen-bond acceptors (Lipinski definition) is 3. The van der Waals surface area contributed by atoms with E-state index in [0.29, 0.717) is 0 Å². The van der Waals surface area contributed by atoms with Crippen molar-refractivity contribution in [1.29, 1.82) is 0 Å². The maximum atomic E-state index is 13.0. The third-order valence-electron chi connectivity index (χ3n) is 2.28. The smallest absolute Gasteiger partial charge is 0.207 e. The summed E-state index contributed by atoms with van der Waals surface area (Å²) in [6, 6.07) is 5.25. The van der Waals surface area contributed by atoms with Crippen molar-refractivity contribution in [1.82, 2.24) is 0 Å². The highest BCUT2D eigenvalue weighted by Gasteiger charge is 2.45. The Labute approximate surface area is 122 Å². The maximum Gasteiger partial charge on any atom is 0.207 e. The molecule has 0 amide bonds. The molecule has 0 radical (unpaired) electrons. The normalized spacial score (nSPS) is 17.5. The van der Waals surface area contributed by atoms with Crippen LogP contribution in [0.5, 0.6) is 0 Å². The summed E-state index contributed by atoms with van der Waals surface area (Å²) < 4.78 is 35.1. The third kappa shape index (κ3) is 3.18. The summed E-state index contributed by atoms with van der Waals surface area (Å²) in [5, 5.41) is 10.0. The summed E-state index contributed by atoms with van der Waals surface area (Å²) in [5.74, 6) is -0.636. The molecule has 0 heterocycles. The van der Waals surface area contributed by atoms with E-state index in [-0.39, 0.29) is 11.3 Å². The summed E-state index contributed by atoms with van der Waals surface area (Å²) in [6.45, 7) is 1.49. The highest BCUT2D eigenvalue weighted by atomic mass is 127. The van der Waals surface area contributed by atoms with E-state index in [2.05, 4.69) is 15.9 Å². The van der Waals surface area contributed by atoms with Crippen LogP contribution in [0.3, 0.4) is 0 Å². The van der Waals surface area contributed by atoms with Crippen molar-refractivity contribution < 1.29 is 17.9 Å². The van der Waals surface area contributed by atoms with Gasteiger partial charge in [-0.05, 0) is 40.3 Å². The lowest BCUT2D eigenvalue weighted by atomic mass is 10.1. The zero-order chi connectivity index (χ0) is 13.3. The van der Waals surface area contributed by atoms with Crippen LogP contribution in [0, 0.1) is 5.82 Å².